The lowest BCUT2D eigenvalue weighted by Crippen LogP contribution is -2.35. The van der Waals surface area contributed by atoms with Crippen molar-refractivity contribution < 1.29 is 32.9 Å². The van der Waals surface area contributed by atoms with Crippen LogP contribution in [0.3, 0.4) is 0 Å². The molecule has 2 aromatic rings. The number of hydrogen-bond donors (Lipinski definition) is 1. The number of hydrogen-bond acceptors (Lipinski definition) is 8. The van der Waals surface area contributed by atoms with E-state index in [2.05, 4.69) is 10.2 Å². The molecule has 0 radical (unpaired) electrons. The number of carbonyl (C=O) groups excluding carboxylic acids is 2. The molecule has 2 aliphatic heterocycles. The van der Waals surface area contributed by atoms with Gasteiger partial charge in [-0.15, -0.1) is 0 Å². The molecule has 8 nitrogen and oxygen atoms in total. The molecule has 0 aliphatic carbocycles. The van der Waals surface area contributed by atoms with E-state index in [1.807, 2.05) is 0 Å². The minimum Gasteiger partial charge on any atom is -0.462 e. The molecule has 2 aromatic carbocycles. The zero-order chi connectivity index (χ0) is 23.2. The fourth-order valence-electron chi connectivity index (χ4n) is 3.58. The minimum absolute atomic E-state index is 0.0764. The minimum atomic E-state index is -0.839. The first-order valence-electron chi connectivity index (χ1n) is 10.7. The summed E-state index contributed by atoms with van der Waals surface area (Å²) in [5.74, 6) is -1.16. The van der Waals surface area contributed by atoms with Crippen LogP contribution in [0, 0.1) is 5.82 Å². The third kappa shape index (κ3) is 5.50. The zero-order valence-corrected chi connectivity index (χ0v) is 18.3. The van der Waals surface area contributed by atoms with Gasteiger partial charge in [0.15, 0.2) is 11.5 Å². The van der Waals surface area contributed by atoms with Crippen LogP contribution in [0.4, 0.5) is 10.1 Å². The predicted octanol–water partition coefficient (Wildman–Crippen LogP) is 3.13. The lowest BCUT2D eigenvalue weighted by molar-refractivity contribution is -0.138. The van der Waals surface area contributed by atoms with Crippen LogP contribution in [-0.2, 0) is 20.8 Å². The quantitative estimate of drug-likeness (QED) is 0.213. The number of benzene rings is 2. The smallest absolute Gasteiger partial charge is 0.343 e. The second kappa shape index (κ2) is 10.5. The molecule has 0 atom stereocenters. The SMILES string of the molecule is CCOC(=O)C(=CNc1ccc2c(c1)OCO2)C(=O)c1cc(CN2CCOCC2)ccc1F. The van der Waals surface area contributed by atoms with Gasteiger partial charge in [-0.1, -0.05) is 6.07 Å². The van der Waals surface area contributed by atoms with Crippen molar-refractivity contribution in [3.8, 4) is 11.5 Å². The number of Topliss-reactive ketones (excluding diaryl/α,β-unsaturated/α-hetero) is 1. The molecular formula is C24H25FN2O6. The average molecular weight is 456 g/mol. The van der Waals surface area contributed by atoms with Gasteiger partial charge in [0.25, 0.3) is 0 Å². The van der Waals surface area contributed by atoms with Crippen molar-refractivity contribution in [2.24, 2.45) is 0 Å². The molecule has 0 unspecified atom stereocenters. The Kier molecular flexibility index (Phi) is 7.21. The number of ketones is 1. The molecule has 0 aromatic heterocycles. The summed E-state index contributed by atoms with van der Waals surface area (Å²) in [6, 6.07) is 9.47. The number of carbonyl (C=O) groups is 2. The van der Waals surface area contributed by atoms with Gasteiger partial charge in [-0.05, 0) is 36.8 Å². The number of ether oxygens (including phenoxy) is 4. The molecule has 0 spiro atoms. The lowest BCUT2D eigenvalue weighted by Gasteiger charge is -2.26. The predicted molar refractivity (Wildman–Crippen MR) is 118 cm³/mol. The Bertz CT molecular complexity index is 1060. The Morgan fingerprint density at radius 2 is 1.91 bits per heavy atom. The molecule has 0 saturated carbocycles. The van der Waals surface area contributed by atoms with Crippen LogP contribution < -0.4 is 14.8 Å². The van der Waals surface area contributed by atoms with Crippen LogP contribution in [-0.4, -0.2) is 56.4 Å². The highest BCUT2D eigenvalue weighted by atomic mass is 19.1. The van der Waals surface area contributed by atoms with Crippen molar-refractivity contribution in [2.75, 3.05) is 45.0 Å². The van der Waals surface area contributed by atoms with E-state index in [1.54, 1.807) is 31.2 Å². The maximum Gasteiger partial charge on any atom is 0.343 e. The summed E-state index contributed by atoms with van der Waals surface area (Å²) in [6.07, 6.45) is 1.23. The number of nitrogens with one attached hydrogen (secondary N) is 1. The first-order chi connectivity index (χ1) is 16.0. The number of nitrogens with zero attached hydrogens (tertiary/aromatic N) is 1. The van der Waals surface area contributed by atoms with Crippen molar-refractivity contribution in [1.82, 2.24) is 4.90 Å². The van der Waals surface area contributed by atoms with E-state index >= 15 is 0 Å². The van der Waals surface area contributed by atoms with Crippen LogP contribution in [0.25, 0.3) is 0 Å². The molecule has 33 heavy (non-hydrogen) atoms. The Hall–Kier alpha value is -3.43. The maximum atomic E-state index is 14.6. The largest absolute Gasteiger partial charge is 0.462 e. The number of anilines is 1. The molecule has 1 saturated heterocycles. The molecule has 174 valence electrons. The van der Waals surface area contributed by atoms with E-state index in [1.165, 1.54) is 18.3 Å². The summed E-state index contributed by atoms with van der Waals surface area (Å²) in [4.78, 5) is 27.9. The molecule has 0 amide bonds. The third-order valence-corrected chi connectivity index (χ3v) is 5.28. The molecule has 9 heteroatoms. The molecule has 2 aliphatic rings. The molecule has 1 N–H and O–H groups in total. The first-order valence-corrected chi connectivity index (χ1v) is 10.7. The topological polar surface area (TPSA) is 86.3 Å². The van der Waals surface area contributed by atoms with Crippen molar-refractivity contribution in [1.29, 1.82) is 0 Å². The number of morpholine rings is 1. The van der Waals surface area contributed by atoms with Gasteiger partial charge in [0.05, 0.1) is 25.4 Å². The highest BCUT2D eigenvalue weighted by molar-refractivity contribution is 6.24. The van der Waals surface area contributed by atoms with Crippen LogP contribution >= 0.6 is 0 Å². The number of esters is 1. The van der Waals surface area contributed by atoms with E-state index in [0.29, 0.717) is 36.9 Å². The van der Waals surface area contributed by atoms with E-state index in [0.717, 1.165) is 18.7 Å². The second-order valence-corrected chi connectivity index (χ2v) is 7.52. The van der Waals surface area contributed by atoms with Crippen LogP contribution in [0.1, 0.15) is 22.8 Å². The van der Waals surface area contributed by atoms with Crippen molar-refractivity contribution in [3.05, 3.63) is 65.1 Å². The normalized spacial score (nSPS) is 15.9. The lowest BCUT2D eigenvalue weighted by atomic mass is 10.0. The highest BCUT2D eigenvalue weighted by Crippen LogP contribution is 2.34. The Labute approximate surface area is 190 Å². The first kappa shape index (κ1) is 22.8. The number of rotatable bonds is 8. The standard InChI is InChI=1S/C24H25FN2O6/c1-2-31-24(29)19(13-26-17-4-6-21-22(12-17)33-15-32-21)23(28)18-11-16(3-5-20(18)25)14-27-7-9-30-10-8-27/h3-6,11-13,26H,2,7-10,14-15H2,1H3. The van der Waals surface area contributed by atoms with Gasteiger partial charge in [-0.2, -0.15) is 0 Å². The summed E-state index contributed by atoms with van der Waals surface area (Å²) in [5.41, 5.74) is 0.841. The summed E-state index contributed by atoms with van der Waals surface area (Å²) < 4.78 is 35.6. The van der Waals surface area contributed by atoms with E-state index < -0.39 is 17.6 Å². The van der Waals surface area contributed by atoms with E-state index in [9.17, 15) is 14.0 Å². The fraction of sp³-hybridized carbons (Fsp3) is 0.333. The zero-order valence-electron chi connectivity index (χ0n) is 18.3. The van der Waals surface area contributed by atoms with Crippen LogP contribution in [0.15, 0.2) is 48.2 Å². The summed E-state index contributed by atoms with van der Waals surface area (Å²) in [5, 5.41) is 2.90. The molecule has 4 rings (SSSR count). The van der Waals surface area contributed by atoms with Gasteiger partial charge >= 0.3 is 5.97 Å². The monoisotopic (exact) mass is 456 g/mol. The Morgan fingerprint density at radius 1 is 1.12 bits per heavy atom. The van der Waals surface area contributed by atoms with Crippen molar-refractivity contribution >= 4 is 17.4 Å². The van der Waals surface area contributed by atoms with Gasteiger partial charge in [0.2, 0.25) is 12.6 Å². The van der Waals surface area contributed by atoms with Gasteiger partial charge in [0, 0.05) is 37.6 Å². The van der Waals surface area contributed by atoms with Gasteiger partial charge in [-0.25, -0.2) is 9.18 Å². The summed E-state index contributed by atoms with van der Waals surface area (Å²) >= 11 is 0. The van der Waals surface area contributed by atoms with Crippen molar-refractivity contribution in [3.63, 3.8) is 0 Å². The molecular weight excluding hydrogens is 431 g/mol. The van der Waals surface area contributed by atoms with E-state index in [4.69, 9.17) is 18.9 Å². The maximum absolute atomic E-state index is 14.6. The van der Waals surface area contributed by atoms with E-state index in [-0.39, 0.29) is 24.5 Å². The molecule has 0 bridgehead atoms. The average Bonchev–Trinajstić information content (AvgIpc) is 3.29. The fourth-order valence-corrected chi connectivity index (χ4v) is 3.58. The molecule has 2 heterocycles. The third-order valence-electron chi connectivity index (χ3n) is 5.28. The number of fused-ring (bicyclic) bond motifs is 1. The highest BCUT2D eigenvalue weighted by Gasteiger charge is 2.25. The molecule has 1 fully saturated rings. The Balaban J connectivity index is 1.57. The second-order valence-electron chi connectivity index (χ2n) is 7.52. The van der Waals surface area contributed by atoms with Gasteiger partial charge in [0.1, 0.15) is 11.4 Å². The summed E-state index contributed by atoms with van der Waals surface area (Å²) in [7, 11) is 0. The van der Waals surface area contributed by atoms with Crippen LogP contribution in [0.2, 0.25) is 0 Å². The van der Waals surface area contributed by atoms with Gasteiger partial charge in [-0.3, -0.25) is 9.69 Å². The van der Waals surface area contributed by atoms with Gasteiger partial charge < -0.3 is 24.3 Å². The Morgan fingerprint density at radius 3 is 2.70 bits per heavy atom. The number of halogens is 1. The van der Waals surface area contributed by atoms with Crippen molar-refractivity contribution in [2.45, 2.75) is 13.5 Å². The summed E-state index contributed by atoms with van der Waals surface area (Å²) in [6.45, 7) is 5.17. The van der Waals surface area contributed by atoms with Crippen LogP contribution in [0.5, 0.6) is 11.5 Å².